The number of ether oxygens (including phenoxy) is 2. The summed E-state index contributed by atoms with van der Waals surface area (Å²) in [6.07, 6.45) is 40.7. The van der Waals surface area contributed by atoms with E-state index in [4.69, 9.17) is 19.3 Å². The molecular formula is C41H79O8P. The predicted molar refractivity (Wildman–Crippen MR) is 207 cm³/mol. The smallest absolute Gasteiger partial charge is 0.462 e. The van der Waals surface area contributed by atoms with E-state index in [1.807, 2.05) is 0 Å². The Morgan fingerprint density at radius 3 is 1.22 bits per heavy atom. The van der Waals surface area contributed by atoms with Crippen molar-refractivity contribution in [1.82, 2.24) is 0 Å². The third-order valence-corrected chi connectivity index (χ3v) is 9.77. The van der Waals surface area contributed by atoms with Crippen LogP contribution in [0.1, 0.15) is 219 Å². The predicted octanol–water partition coefficient (Wildman–Crippen LogP) is 12.6. The molecule has 8 nitrogen and oxygen atoms in total. The Hall–Kier alpha value is -1.21. The average molecular weight is 731 g/mol. The Morgan fingerprint density at radius 2 is 0.840 bits per heavy atom. The summed E-state index contributed by atoms with van der Waals surface area (Å²) in [5, 5.41) is 0. The number of carbonyl (C=O) groups is 2. The van der Waals surface area contributed by atoms with Gasteiger partial charge in [-0.05, 0) is 38.5 Å². The van der Waals surface area contributed by atoms with Gasteiger partial charge in [-0.25, -0.2) is 4.57 Å². The maximum atomic E-state index is 12.4. The van der Waals surface area contributed by atoms with Gasteiger partial charge in [0.2, 0.25) is 0 Å². The van der Waals surface area contributed by atoms with E-state index in [9.17, 15) is 14.2 Å². The van der Waals surface area contributed by atoms with Crippen molar-refractivity contribution in [2.75, 3.05) is 13.2 Å². The van der Waals surface area contributed by atoms with Crippen molar-refractivity contribution in [2.24, 2.45) is 0 Å². The molecule has 0 amide bonds. The first kappa shape index (κ1) is 48.8. The summed E-state index contributed by atoms with van der Waals surface area (Å²) in [5.74, 6) is -0.883. The fourth-order valence-corrected chi connectivity index (χ4v) is 6.49. The molecule has 0 aliphatic heterocycles. The lowest BCUT2D eigenvalue weighted by atomic mass is 10.0. The maximum absolute atomic E-state index is 12.4. The lowest BCUT2D eigenvalue weighted by Gasteiger charge is -2.18. The van der Waals surface area contributed by atoms with Crippen LogP contribution >= 0.6 is 7.82 Å². The Labute approximate surface area is 307 Å². The van der Waals surface area contributed by atoms with Crippen molar-refractivity contribution in [3.05, 3.63) is 12.2 Å². The van der Waals surface area contributed by atoms with Crippen LogP contribution in [-0.4, -0.2) is 41.0 Å². The summed E-state index contributed by atoms with van der Waals surface area (Å²) in [5.41, 5.74) is 0. The van der Waals surface area contributed by atoms with Gasteiger partial charge in [-0.15, -0.1) is 0 Å². The third-order valence-electron chi connectivity index (χ3n) is 9.28. The maximum Gasteiger partial charge on any atom is 0.469 e. The number of phosphoric ester groups is 1. The monoisotopic (exact) mass is 731 g/mol. The zero-order chi connectivity index (χ0) is 36.8. The van der Waals surface area contributed by atoms with Crippen molar-refractivity contribution < 1.29 is 37.9 Å². The molecule has 0 aromatic carbocycles. The van der Waals surface area contributed by atoms with Crippen LogP contribution in [0.3, 0.4) is 0 Å². The van der Waals surface area contributed by atoms with Crippen molar-refractivity contribution in [1.29, 1.82) is 0 Å². The molecule has 0 spiro atoms. The molecule has 296 valence electrons. The quantitative estimate of drug-likeness (QED) is 0.0278. The minimum absolute atomic E-state index is 0.216. The zero-order valence-corrected chi connectivity index (χ0v) is 33.5. The van der Waals surface area contributed by atoms with Crippen LogP contribution in [-0.2, 0) is 28.2 Å². The summed E-state index contributed by atoms with van der Waals surface area (Å²) in [4.78, 5) is 42.8. The van der Waals surface area contributed by atoms with E-state index in [1.165, 1.54) is 128 Å². The molecule has 0 fully saturated rings. The van der Waals surface area contributed by atoms with Gasteiger partial charge in [0.15, 0.2) is 6.10 Å². The third kappa shape index (κ3) is 39.6. The summed E-state index contributed by atoms with van der Waals surface area (Å²) >= 11 is 0. The largest absolute Gasteiger partial charge is 0.469 e. The molecule has 0 unspecified atom stereocenters. The molecule has 0 saturated heterocycles. The van der Waals surface area contributed by atoms with Crippen LogP contribution in [0.2, 0.25) is 0 Å². The Balaban J connectivity index is 3.89. The highest BCUT2D eigenvalue weighted by molar-refractivity contribution is 7.46. The lowest BCUT2D eigenvalue weighted by Crippen LogP contribution is -2.29. The van der Waals surface area contributed by atoms with E-state index in [0.29, 0.717) is 6.42 Å². The van der Waals surface area contributed by atoms with E-state index in [-0.39, 0.29) is 19.4 Å². The van der Waals surface area contributed by atoms with Gasteiger partial charge < -0.3 is 19.3 Å². The highest BCUT2D eigenvalue weighted by atomic mass is 31.2. The van der Waals surface area contributed by atoms with Crippen molar-refractivity contribution in [3.63, 3.8) is 0 Å². The van der Waals surface area contributed by atoms with Crippen LogP contribution in [0.4, 0.5) is 0 Å². The molecule has 2 N–H and O–H groups in total. The summed E-state index contributed by atoms with van der Waals surface area (Å²) in [6, 6.07) is 0. The Kier molecular flexibility index (Phi) is 36.6. The average Bonchev–Trinajstić information content (AvgIpc) is 3.08. The van der Waals surface area contributed by atoms with E-state index in [1.54, 1.807) is 0 Å². The molecular weight excluding hydrogens is 651 g/mol. The minimum Gasteiger partial charge on any atom is -0.462 e. The van der Waals surface area contributed by atoms with Gasteiger partial charge in [-0.2, -0.15) is 0 Å². The summed E-state index contributed by atoms with van der Waals surface area (Å²) < 4.78 is 26.4. The molecule has 0 heterocycles. The van der Waals surface area contributed by atoms with E-state index >= 15 is 0 Å². The first-order valence-electron chi connectivity index (χ1n) is 21.0. The van der Waals surface area contributed by atoms with Gasteiger partial charge in [0, 0.05) is 12.8 Å². The zero-order valence-electron chi connectivity index (χ0n) is 32.6. The second-order valence-corrected chi connectivity index (χ2v) is 15.6. The fraction of sp³-hybridized carbons (Fsp3) is 0.902. The second-order valence-electron chi connectivity index (χ2n) is 14.3. The number of unbranched alkanes of at least 4 members (excludes halogenated alkanes) is 27. The highest BCUT2D eigenvalue weighted by Crippen LogP contribution is 2.36. The molecule has 0 saturated carbocycles. The summed E-state index contributed by atoms with van der Waals surface area (Å²) in [6.45, 7) is 3.69. The molecule has 0 rings (SSSR count). The van der Waals surface area contributed by atoms with Crippen LogP contribution in [0.5, 0.6) is 0 Å². The molecule has 0 aliphatic carbocycles. The van der Waals surface area contributed by atoms with Crippen LogP contribution in [0, 0.1) is 0 Å². The lowest BCUT2D eigenvalue weighted by molar-refractivity contribution is -0.161. The normalized spacial score (nSPS) is 12.5. The highest BCUT2D eigenvalue weighted by Gasteiger charge is 2.22. The SMILES string of the molecule is CCCCCCCC/C=C\CCCCCCCC(=O)OC[C@H](COP(=O)(O)O)OC(=O)CCCCCCCCCCCCCCCCCCC. The number of esters is 2. The van der Waals surface area contributed by atoms with Gasteiger partial charge in [0.05, 0.1) is 6.61 Å². The first-order valence-corrected chi connectivity index (χ1v) is 22.5. The standard InChI is InChI=1S/C41H79O8P/c1-3-5-7-9-11-13-15-17-19-20-22-24-26-28-30-32-34-36-41(43)49-39(38-48-50(44,45)46)37-47-40(42)35-33-31-29-27-25-23-21-18-16-14-12-10-8-6-4-2/h18,21,39H,3-17,19-20,22-38H2,1-2H3,(H2,44,45,46)/b21-18-/t39-/m1/s1. The topological polar surface area (TPSA) is 119 Å². The molecule has 0 aromatic rings. The number of carbonyl (C=O) groups excluding carboxylic acids is 2. The van der Waals surface area contributed by atoms with Gasteiger partial charge in [0.25, 0.3) is 0 Å². The van der Waals surface area contributed by atoms with Gasteiger partial charge in [0.1, 0.15) is 6.61 Å². The van der Waals surface area contributed by atoms with Crippen molar-refractivity contribution >= 4 is 19.8 Å². The number of allylic oxidation sites excluding steroid dienone is 2. The summed E-state index contributed by atoms with van der Waals surface area (Å²) in [7, 11) is -4.75. The van der Waals surface area contributed by atoms with Crippen LogP contribution in [0.25, 0.3) is 0 Å². The number of rotatable bonds is 39. The van der Waals surface area contributed by atoms with Crippen LogP contribution in [0.15, 0.2) is 12.2 Å². The number of phosphoric acid groups is 1. The van der Waals surface area contributed by atoms with E-state index in [2.05, 4.69) is 30.5 Å². The van der Waals surface area contributed by atoms with Crippen molar-refractivity contribution in [2.45, 2.75) is 225 Å². The first-order chi connectivity index (χ1) is 24.3. The second kappa shape index (κ2) is 37.5. The molecule has 0 radical (unpaired) electrons. The van der Waals surface area contributed by atoms with Gasteiger partial charge in [-0.1, -0.05) is 180 Å². The molecule has 50 heavy (non-hydrogen) atoms. The van der Waals surface area contributed by atoms with Crippen LogP contribution < -0.4 is 0 Å². The molecule has 9 heteroatoms. The number of hydrogen-bond donors (Lipinski definition) is 2. The van der Waals surface area contributed by atoms with Gasteiger partial charge >= 0.3 is 19.8 Å². The van der Waals surface area contributed by atoms with E-state index in [0.717, 1.165) is 57.8 Å². The Bertz CT molecular complexity index is 827. The molecule has 1 atom stereocenters. The Morgan fingerprint density at radius 1 is 0.500 bits per heavy atom. The number of hydrogen-bond acceptors (Lipinski definition) is 6. The fourth-order valence-electron chi connectivity index (χ4n) is 6.13. The minimum atomic E-state index is -4.75. The molecule has 0 bridgehead atoms. The molecule has 0 aromatic heterocycles. The van der Waals surface area contributed by atoms with Gasteiger partial charge in [-0.3, -0.25) is 14.1 Å². The van der Waals surface area contributed by atoms with Crippen molar-refractivity contribution in [3.8, 4) is 0 Å². The van der Waals surface area contributed by atoms with E-state index < -0.39 is 32.5 Å². The molecule has 0 aliphatic rings.